The van der Waals surface area contributed by atoms with E-state index in [4.69, 9.17) is 0 Å². The molecule has 126 valence electrons. The second kappa shape index (κ2) is 7.65. The van der Waals surface area contributed by atoms with Gasteiger partial charge in [0.2, 0.25) is 0 Å². The largest absolute Gasteiger partial charge is 0.508 e. The third-order valence-electron chi connectivity index (χ3n) is 4.88. The molecule has 3 heteroatoms. The first-order chi connectivity index (χ1) is 11.6. The van der Waals surface area contributed by atoms with E-state index in [2.05, 4.69) is 42.2 Å². The van der Waals surface area contributed by atoms with E-state index in [1.165, 1.54) is 11.1 Å². The Hall–Kier alpha value is -2.10. The number of benzene rings is 2. The Morgan fingerprint density at radius 1 is 1.04 bits per heavy atom. The highest BCUT2D eigenvalue weighted by atomic mass is 16.3. The molecule has 0 fully saturated rings. The number of aliphatic hydroxyl groups excluding tert-OH is 1. The van der Waals surface area contributed by atoms with Crippen molar-refractivity contribution in [3.63, 3.8) is 0 Å². The van der Waals surface area contributed by atoms with Crippen molar-refractivity contribution in [3.8, 4) is 5.75 Å². The molecule has 0 spiro atoms. The molecular weight excluding hydrogens is 298 g/mol. The fraction of sp³-hybridized carbons (Fsp3) is 0.333. The monoisotopic (exact) mass is 323 g/mol. The van der Waals surface area contributed by atoms with Crippen LogP contribution in [0.25, 0.3) is 0 Å². The summed E-state index contributed by atoms with van der Waals surface area (Å²) in [6, 6.07) is 17.4. The maximum atomic E-state index is 10.6. The van der Waals surface area contributed by atoms with Crippen LogP contribution in [-0.2, 0) is 6.42 Å². The van der Waals surface area contributed by atoms with Crippen molar-refractivity contribution in [3.05, 3.63) is 77.4 Å². The molecule has 1 aliphatic heterocycles. The first kappa shape index (κ1) is 16.7. The lowest BCUT2D eigenvalue weighted by atomic mass is 9.96. The van der Waals surface area contributed by atoms with Crippen LogP contribution in [-0.4, -0.2) is 34.2 Å². The van der Waals surface area contributed by atoms with Gasteiger partial charge >= 0.3 is 0 Å². The molecule has 0 aromatic heterocycles. The molecule has 0 radical (unpaired) electrons. The smallest absolute Gasteiger partial charge is 0.115 e. The zero-order valence-electron chi connectivity index (χ0n) is 14.1. The van der Waals surface area contributed by atoms with E-state index >= 15 is 0 Å². The molecule has 3 nitrogen and oxygen atoms in total. The Kier molecular flexibility index (Phi) is 5.34. The minimum Gasteiger partial charge on any atom is -0.508 e. The fourth-order valence-corrected chi connectivity index (χ4v) is 3.27. The number of phenolic OH excluding ortho intramolecular Hbond substituents is 1. The molecule has 24 heavy (non-hydrogen) atoms. The molecule has 0 bridgehead atoms. The van der Waals surface area contributed by atoms with Crippen molar-refractivity contribution in [2.45, 2.75) is 31.9 Å². The van der Waals surface area contributed by atoms with Crippen molar-refractivity contribution in [2.24, 2.45) is 0 Å². The second-order valence-corrected chi connectivity index (χ2v) is 6.55. The Labute approximate surface area is 143 Å². The van der Waals surface area contributed by atoms with Gasteiger partial charge in [-0.2, -0.15) is 0 Å². The molecule has 2 atom stereocenters. The second-order valence-electron chi connectivity index (χ2n) is 6.55. The summed E-state index contributed by atoms with van der Waals surface area (Å²) in [4.78, 5) is 2.31. The Bertz CT molecular complexity index is 679. The predicted octanol–water partition coefficient (Wildman–Crippen LogP) is 3.69. The summed E-state index contributed by atoms with van der Waals surface area (Å²) < 4.78 is 0. The molecule has 3 rings (SSSR count). The van der Waals surface area contributed by atoms with Gasteiger partial charge in [0.05, 0.1) is 6.10 Å². The SMILES string of the molecule is CC(C(O)c1ccc(O)cc1)N1CC=C(Cc2ccccc2)CC1. The van der Waals surface area contributed by atoms with E-state index in [1.54, 1.807) is 24.3 Å². The summed E-state index contributed by atoms with van der Waals surface area (Å²) in [5.74, 6) is 0.227. The van der Waals surface area contributed by atoms with Gasteiger partial charge in [-0.1, -0.05) is 54.1 Å². The number of aromatic hydroxyl groups is 1. The lowest BCUT2D eigenvalue weighted by Gasteiger charge is -2.34. The van der Waals surface area contributed by atoms with Crippen LogP contribution in [0.15, 0.2) is 66.2 Å². The van der Waals surface area contributed by atoms with Crippen molar-refractivity contribution in [1.82, 2.24) is 4.90 Å². The minimum absolute atomic E-state index is 0.0454. The molecular formula is C21H25NO2. The maximum absolute atomic E-state index is 10.6. The number of aliphatic hydroxyl groups is 1. The van der Waals surface area contributed by atoms with Crippen LogP contribution in [0.3, 0.4) is 0 Å². The molecule has 0 amide bonds. The molecule has 2 unspecified atom stereocenters. The molecule has 0 saturated heterocycles. The highest BCUT2D eigenvalue weighted by molar-refractivity contribution is 5.28. The normalized spacial score (nSPS) is 18.0. The highest BCUT2D eigenvalue weighted by Crippen LogP contribution is 2.25. The molecule has 1 aliphatic rings. The Balaban J connectivity index is 1.59. The molecule has 0 saturated carbocycles. The standard InChI is InChI=1S/C21H25NO2/c1-16(21(24)19-7-9-20(23)10-8-19)22-13-11-18(12-14-22)15-17-5-3-2-4-6-17/h2-11,16,21,23-24H,12-15H2,1H3. The van der Waals surface area contributed by atoms with Crippen LogP contribution in [0.1, 0.15) is 30.6 Å². The van der Waals surface area contributed by atoms with Gasteiger partial charge in [-0.05, 0) is 43.0 Å². The van der Waals surface area contributed by atoms with Crippen molar-refractivity contribution in [2.75, 3.05) is 13.1 Å². The molecule has 0 aliphatic carbocycles. The Morgan fingerprint density at radius 2 is 1.75 bits per heavy atom. The molecule has 2 aromatic rings. The summed E-state index contributed by atoms with van der Waals surface area (Å²) in [6.45, 7) is 3.90. The summed E-state index contributed by atoms with van der Waals surface area (Å²) >= 11 is 0. The van der Waals surface area contributed by atoms with Gasteiger partial charge in [-0.15, -0.1) is 0 Å². The topological polar surface area (TPSA) is 43.7 Å². The molecule has 2 aromatic carbocycles. The highest BCUT2D eigenvalue weighted by Gasteiger charge is 2.24. The van der Waals surface area contributed by atoms with Gasteiger partial charge in [0.15, 0.2) is 0 Å². The summed E-state index contributed by atoms with van der Waals surface area (Å²) in [5.41, 5.74) is 3.68. The fourth-order valence-electron chi connectivity index (χ4n) is 3.27. The van der Waals surface area contributed by atoms with Gasteiger partial charge in [0.1, 0.15) is 5.75 Å². The number of rotatable bonds is 5. The van der Waals surface area contributed by atoms with Crippen LogP contribution >= 0.6 is 0 Å². The predicted molar refractivity (Wildman–Crippen MR) is 96.9 cm³/mol. The zero-order valence-corrected chi connectivity index (χ0v) is 14.1. The zero-order chi connectivity index (χ0) is 16.9. The number of hydrogen-bond donors (Lipinski definition) is 2. The number of hydrogen-bond acceptors (Lipinski definition) is 3. The lowest BCUT2D eigenvalue weighted by Crippen LogP contribution is -2.40. The van der Waals surface area contributed by atoms with Crippen LogP contribution in [0.5, 0.6) is 5.75 Å². The summed E-state index contributed by atoms with van der Waals surface area (Å²) in [6.07, 6.45) is 3.82. The lowest BCUT2D eigenvalue weighted by molar-refractivity contribution is 0.0623. The van der Waals surface area contributed by atoms with Crippen LogP contribution in [0, 0.1) is 0 Å². The van der Waals surface area contributed by atoms with Gasteiger partial charge in [-0.25, -0.2) is 0 Å². The first-order valence-corrected chi connectivity index (χ1v) is 8.56. The van der Waals surface area contributed by atoms with Crippen molar-refractivity contribution in [1.29, 1.82) is 0 Å². The average Bonchev–Trinajstić information content (AvgIpc) is 2.63. The third kappa shape index (κ3) is 4.05. The van der Waals surface area contributed by atoms with Gasteiger partial charge in [-0.3, -0.25) is 4.90 Å². The van der Waals surface area contributed by atoms with Crippen molar-refractivity contribution >= 4 is 0 Å². The van der Waals surface area contributed by atoms with Gasteiger partial charge in [0, 0.05) is 19.1 Å². The van der Waals surface area contributed by atoms with E-state index in [1.807, 2.05) is 6.07 Å². The van der Waals surface area contributed by atoms with E-state index in [0.717, 1.165) is 31.5 Å². The van der Waals surface area contributed by atoms with E-state index in [9.17, 15) is 10.2 Å². The van der Waals surface area contributed by atoms with Crippen LogP contribution < -0.4 is 0 Å². The first-order valence-electron chi connectivity index (χ1n) is 8.56. The molecule has 1 heterocycles. The number of phenols is 1. The van der Waals surface area contributed by atoms with Crippen LogP contribution in [0.2, 0.25) is 0 Å². The van der Waals surface area contributed by atoms with Gasteiger partial charge in [0.25, 0.3) is 0 Å². The van der Waals surface area contributed by atoms with E-state index in [-0.39, 0.29) is 11.8 Å². The maximum Gasteiger partial charge on any atom is 0.115 e. The van der Waals surface area contributed by atoms with Gasteiger partial charge < -0.3 is 10.2 Å². The van der Waals surface area contributed by atoms with Crippen molar-refractivity contribution < 1.29 is 10.2 Å². The van der Waals surface area contributed by atoms with E-state index in [0.29, 0.717) is 0 Å². The summed E-state index contributed by atoms with van der Waals surface area (Å²) in [5, 5.41) is 20.0. The van der Waals surface area contributed by atoms with E-state index < -0.39 is 6.10 Å². The quantitative estimate of drug-likeness (QED) is 0.825. The minimum atomic E-state index is -0.547. The molecule has 2 N–H and O–H groups in total. The number of nitrogens with zero attached hydrogens (tertiary/aromatic N) is 1. The third-order valence-corrected chi connectivity index (χ3v) is 4.88. The summed E-state index contributed by atoms with van der Waals surface area (Å²) in [7, 11) is 0. The van der Waals surface area contributed by atoms with Crippen LogP contribution in [0.4, 0.5) is 0 Å². The Morgan fingerprint density at radius 3 is 2.38 bits per heavy atom. The average molecular weight is 323 g/mol.